The van der Waals surface area contributed by atoms with Crippen LogP contribution < -0.4 is 0 Å². The van der Waals surface area contributed by atoms with Gasteiger partial charge in [-0.25, -0.2) is 14.8 Å². The molecule has 3 aromatic rings. The van der Waals surface area contributed by atoms with Gasteiger partial charge in [-0.2, -0.15) is 0 Å². The van der Waals surface area contributed by atoms with Crippen LogP contribution in [-0.2, 0) is 0 Å². The van der Waals surface area contributed by atoms with Gasteiger partial charge in [0.15, 0.2) is 0 Å². The molecule has 0 bridgehead atoms. The molecule has 0 fully saturated rings. The van der Waals surface area contributed by atoms with Crippen LogP contribution in [-0.4, -0.2) is 21.0 Å². The zero-order valence-corrected chi connectivity index (χ0v) is 11.2. The molecule has 4 nitrogen and oxygen atoms in total. The summed E-state index contributed by atoms with van der Waals surface area (Å²) in [5, 5.41) is 11.5. The number of fused-ring (bicyclic) bond motifs is 1. The molecular weight excluding hydrogens is 272 g/mol. The number of rotatable bonds is 3. The number of carbonyl (C=O) groups is 1. The van der Waals surface area contributed by atoms with Gasteiger partial charge in [-0.3, -0.25) is 0 Å². The maximum atomic E-state index is 10.8. The Morgan fingerprint density at radius 2 is 1.80 bits per heavy atom. The fraction of sp³-hybridized carbons (Fsp3) is 0. The Balaban J connectivity index is 1.87. The van der Waals surface area contributed by atoms with Crippen molar-refractivity contribution < 1.29 is 9.90 Å². The summed E-state index contributed by atoms with van der Waals surface area (Å²) in [4.78, 5) is 19.4. The molecule has 1 aromatic carbocycles. The highest BCUT2D eigenvalue weighted by Gasteiger charge is 2.05. The molecule has 20 heavy (non-hydrogen) atoms. The maximum absolute atomic E-state index is 10.8. The standard InChI is InChI=1S/C15H10N2O2S/c18-15(19)11-6-7-13(16-9-11)20-14-8-5-10-3-1-2-4-12(10)17-14/h1-9H,(H,18,19). The third-order valence-electron chi connectivity index (χ3n) is 2.77. The summed E-state index contributed by atoms with van der Waals surface area (Å²) in [5.41, 5.74) is 1.11. The predicted molar refractivity (Wildman–Crippen MR) is 77.1 cm³/mol. The molecular formula is C15H10N2O2S. The first-order chi connectivity index (χ1) is 9.72. The molecule has 1 N–H and O–H groups in total. The van der Waals surface area contributed by atoms with Gasteiger partial charge in [0.2, 0.25) is 0 Å². The third-order valence-corrected chi connectivity index (χ3v) is 3.65. The molecule has 98 valence electrons. The second kappa shape index (κ2) is 5.30. The van der Waals surface area contributed by atoms with Crippen LogP contribution in [0.2, 0.25) is 0 Å². The minimum absolute atomic E-state index is 0.181. The van der Waals surface area contributed by atoms with Gasteiger partial charge in [-0.1, -0.05) is 36.0 Å². The number of nitrogens with zero attached hydrogens (tertiary/aromatic N) is 2. The fourth-order valence-corrected chi connectivity index (χ4v) is 2.51. The second-order valence-corrected chi connectivity index (χ2v) is 5.18. The normalized spacial score (nSPS) is 10.6. The minimum atomic E-state index is -0.974. The van der Waals surface area contributed by atoms with Gasteiger partial charge in [0.25, 0.3) is 0 Å². The van der Waals surface area contributed by atoms with Gasteiger partial charge >= 0.3 is 5.97 Å². The van der Waals surface area contributed by atoms with E-state index in [0.29, 0.717) is 0 Å². The van der Waals surface area contributed by atoms with Crippen LogP contribution >= 0.6 is 11.8 Å². The van der Waals surface area contributed by atoms with Gasteiger partial charge < -0.3 is 5.11 Å². The van der Waals surface area contributed by atoms with Crippen LogP contribution in [0.1, 0.15) is 10.4 Å². The first kappa shape index (κ1) is 12.6. The molecule has 0 aliphatic carbocycles. The van der Waals surface area contributed by atoms with E-state index in [4.69, 9.17) is 5.11 Å². The van der Waals surface area contributed by atoms with Gasteiger partial charge in [0.1, 0.15) is 10.1 Å². The number of benzene rings is 1. The number of carboxylic acid groups (broad SMARTS) is 1. The van der Waals surface area contributed by atoms with E-state index < -0.39 is 5.97 Å². The Hall–Kier alpha value is -2.40. The highest BCUT2D eigenvalue weighted by molar-refractivity contribution is 7.99. The SMILES string of the molecule is O=C(O)c1ccc(Sc2ccc3ccccc3n2)nc1. The minimum Gasteiger partial charge on any atom is -0.478 e. The van der Waals surface area contributed by atoms with E-state index in [0.717, 1.165) is 21.0 Å². The lowest BCUT2D eigenvalue weighted by atomic mass is 10.2. The van der Waals surface area contributed by atoms with Crippen LogP contribution in [0.3, 0.4) is 0 Å². The molecule has 0 spiro atoms. The molecule has 2 aromatic heterocycles. The smallest absolute Gasteiger partial charge is 0.337 e. The van der Waals surface area contributed by atoms with E-state index in [9.17, 15) is 4.79 Å². The molecule has 0 amide bonds. The Morgan fingerprint density at radius 3 is 2.55 bits per heavy atom. The van der Waals surface area contributed by atoms with Crippen LogP contribution in [0.4, 0.5) is 0 Å². The van der Waals surface area contributed by atoms with Crippen LogP contribution in [0.25, 0.3) is 10.9 Å². The largest absolute Gasteiger partial charge is 0.478 e. The number of para-hydroxylation sites is 1. The predicted octanol–water partition coefficient (Wildman–Crippen LogP) is 3.48. The zero-order valence-electron chi connectivity index (χ0n) is 10.4. The van der Waals surface area contributed by atoms with E-state index in [1.54, 1.807) is 12.1 Å². The summed E-state index contributed by atoms with van der Waals surface area (Å²) in [6, 6.07) is 15.1. The molecule has 0 unspecified atom stereocenters. The summed E-state index contributed by atoms with van der Waals surface area (Å²) in [7, 11) is 0. The summed E-state index contributed by atoms with van der Waals surface area (Å²) in [6.07, 6.45) is 1.35. The molecule has 5 heteroatoms. The van der Waals surface area contributed by atoms with Gasteiger partial charge in [0, 0.05) is 11.6 Å². The lowest BCUT2D eigenvalue weighted by Crippen LogP contribution is -1.96. The Morgan fingerprint density at radius 1 is 1.00 bits per heavy atom. The molecule has 0 saturated carbocycles. The number of aromatic nitrogens is 2. The van der Waals surface area contributed by atoms with Gasteiger partial charge in [-0.05, 0) is 24.3 Å². The second-order valence-electron chi connectivity index (χ2n) is 4.13. The molecule has 0 aliphatic heterocycles. The molecule has 0 aliphatic rings. The fourth-order valence-electron chi connectivity index (χ4n) is 1.78. The van der Waals surface area contributed by atoms with E-state index >= 15 is 0 Å². The number of aromatic carboxylic acids is 1. The maximum Gasteiger partial charge on any atom is 0.337 e. The topological polar surface area (TPSA) is 63.1 Å². The summed E-state index contributed by atoms with van der Waals surface area (Å²) < 4.78 is 0. The van der Waals surface area contributed by atoms with Crippen molar-refractivity contribution in [1.82, 2.24) is 9.97 Å². The van der Waals surface area contributed by atoms with Crippen molar-refractivity contribution in [2.24, 2.45) is 0 Å². The Kier molecular flexibility index (Phi) is 3.35. The van der Waals surface area contributed by atoms with E-state index in [1.165, 1.54) is 18.0 Å². The highest BCUT2D eigenvalue weighted by Crippen LogP contribution is 2.26. The highest BCUT2D eigenvalue weighted by atomic mass is 32.2. The molecule has 3 rings (SSSR count). The number of pyridine rings is 2. The Bertz CT molecular complexity index is 772. The van der Waals surface area contributed by atoms with E-state index in [-0.39, 0.29) is 5.56 Å². The summed E-state index contributed by atoms with van der Waals surface area (Å²) in [5.74, 6) is -0.974. The monoisotopic (exact) mass is 282 g/mol. The Labute approximate surface area is 119 Å². The van der Waals surface area contributed by atoms with Gasteiger partial charge in [0.05, 0.1) is 11.1 Å². The van der Waals surface area contributed by atoms with E-state index in [2.05, 4.69) is 9.97 Å². The summed E-state index contributed by atoms with van der Waals surface area (Å²) >= 11 is 1.41. The van der Waals surface area contributed by atoms with Crippen molar-refractivity contribution >= 4 is 28.6 Å². The lowest BCUT2D eigenvalue weighted by Gasteiger charge is -2.02. The number of hydrogen-bond donors (Lipinski definition) is 1. The third kappa shape index (κ3) is 2.62. The van der Waals surface area contributed by atoms with Crippen molar-refractivity contribution in [1.29, 1.82) is 0 Å². The van der Waals surface area contributed by atoms with Crippen LogP contribution in [0.5, 0.6) is 0 Å². The van der Waals surface area contributed by atoms with Crippen LogP contribution in [0, 0.1) is 0 Å². The number of hydrogen-bond acceptors (Lipinski definition) is 4. The van der Waals surface area contributed by atoms with Crippen molar-refractivity contribution in [3.63, 3.8) is 0 Å². The van der Waals surface area contributed by atoms with Crippen molar-refractivity contribution in [2.75, 3.05) is 0 Å². The van der Waals surface area contributed by atoms with Crippen molar-refractivity contribution in [2.45, 2.75) is 10.1 Å². The summed E-state index contributed by atoms with van der Waals surface area (Å²) in [6.45, 7) is 0. The molecule has 0 saturated heterocycles. The molecule has 0 radical (unpaired) electrons. The van der Waals surface area contributed by atoms with E-state index in [1.807, 2.05) is 36.4 Å². The first-order valence-corrected chi connectivity index (χ1v) is 6.77. The molecule has 2 heterocycles. The van der Waals surface area contributed by atoms with Crippen molar-refractivity contribution in [3.05, 3.63) is 60.3 Å². The molecule has 0 atom stereocenters. The number of carboxylic acids is 1. The quantitative estimate of drug-likeness (QED) is 0.796. The van der Waals surface area contributed by atoms with Crippen LogP contribution in [0.15, 0.2) is 64.8 Å². The average Bonchev–Trinajstić information content (AvgIpc) is 2.48. The van der Waals surface area contributed by atoms with Crippen molar-refractivity contribution in [3.8, 4) is 0 Å². The lowest BCUT2D eigenvalue weighted by molar-refractivity contribution is 0.0696. The zero-order chi connectivity index (χ0) is 13.9. The van der Waals surface area contributed by atoms with Gasteiger partial charge in [-0.15, -0.1) is 0 Å². The first-order valence-electron chi connectivity index (χ1n) is 5.95. The average molecular weight is 282 g/mol.